The monoisotopic (exact) mass is 648 g/mol. The van der Waals surface area contributed by atoms with Crippen LogP contribution in [0.1, 0.15) is 12.0 Å². The molecule has 0 spiro atoms. The van der Waals surface area contributed by atoms with Crippen LogP contribution in [-0.4, -0.2) is 0 Å². The van der Waals surface area contributed by atoms with E-state index in [1.807, 2.05) is 40.9 Å². The molecule has 2 aromatic heterocycles. The maximum Gasteiger partial charge on any atom is 0.0434 e. The predicted octanol–water partition coefficient (Wildman–Crippen LogP) is 14.5. The van der Waals surface area contributed by atoms with Gasteiger partial charge in [-0.15, -0.1) is 29.3 Å². The van der Waals surface area contributed by atoms with E-state index in [0.717, 1.165) is 12.0 Å². The Morgan fingerprint density at radius 1 is 0.583 bits per heavy atom. The van der Waals surface area contributed by atoms with Crippen molar-refractivity contribution in [3.63, 3.8) is 0 Å². The summed E-state index contributed by atoms with van der Waals surface area (Å²) in [6, 6.07) is 42.9. The molecule has 1 atom stereocenters. The van der Waals surface area contributed by atoms with Crippen molar-refractivity contribution in [1.29, 1.82) is 0 Å². The van der Waals surface area contributed by atoms with E-state index in [4.69, 9.17) is 0 Å². The van der Waals surface area contributed by atoms with Gasteiger partial charge < -0.3 is 0 Å². The molecule has 2 heterocycles. The molecule has 0 saturated heterocycles. The van der Waals surface area contributed by atoms with Crippen LogP contribution < -0.4 is 0 Å². The van der Waals surface area contributed by atoms with Crippen LogP contribution in [0.15, 0.2) is 159 Å². The van der Waals surface area contributed by atoms with Crippen LogP contribution in [0.4, 0.5) is 0 Å². The molecule has 9 aromatic rings. The molecule has 0 fully saturated rings. The summed E-state index contributed by atoms with van der Waals surface area (Å²) in [5, 5.41) is 13.0. The van der Waals surface area contributed by atoms with Gasteiger partial charge in [0.25, 0.3) is 0 Å². The molecule has 0 N–H and O–H groups in total. The zero-order chi connectivity index (χ0) is 32.4. The minimum atomic E-state index is 0.188. The second-order valence-corrected chi connectivity index (χ2v) is 14.7. The largest absolute Gasteiger partial charge is 0.135 e. The number of allylic oxidation sites excluding steroid dienone is 5. The van der Waals surface area contributed by atoms with Crippen molar-refractivity contribution >= 4 is 101 Å². The van der Waals surface area contributed by atoms with E-state index in [9.17, 15) is 0 Å². The zero-order valence-electron chi connectivity index (χ0n) is 26.5. The number of hydrogen-bond acceptors (Lipinski definition) is 2. The number of rotatable bonds is 7. The summed E-state index contributed by atoms with van der Waals surface area (Å²) in [6.07, 6.45) is 8.77. The predicted molar refractivity (Wildman–Crippen MR) is 217 cm³/mol. The van der Waals surface area contributed by atoms with E-state index in [1.165, 1.54) is 89.4 Å². The average molecular weight is 649 g/mol. The molecule has 1 unspecified atom stereocenters. The molecule has 0 saturated carbocycles. The number of hydrogen-bond donors (Lipinski definition) is 0. The maximum absolute atomic E-state index is 4.64. The highest BCUT2D eigenvalue weighted by Gasteiger charge is 2.19. The van der Waals surface area contributed by atoms with Gasteiger partial charge in [-0.05, 0) is 85.8 Å². The number of thiophene rings is 2. The Morgan fingerprint density at radius 3 is 1.92 bits per heavy atom. The van der Waals surface area contributed by atoms with Crippen LogP contribution in [0.25, 0.3) is 89.4 Å². The van der Waals surface area contributed by atoms with Gasteiger partial charge >= 0.3 is 0 Å². The van der Waals surface area contributed by atoms with Gasteiger partial charge in [0.2, 0.25) is 0 Å². The fourth-order valence-corrected chi connectivity index (χ4v) is 10.0. The SMILES string of the molecule is C=C/C=C\C(C=C)CC(=C)c1c2ccccc2c(-c2ccc3sc4c(ccc5c4ccc4sc6ccccc6c45)c3c2)c2ccccc12. The van der Waals surface area contributed by atoms with Gasteiger partial charge in [-0.3, -0.25) is 0 Å². The van der Waals surface area contributed by atoms with E-state index in [2.05, 4.69) is 141 Å². The highest BCUT2D eigenvalue weighted by molar-refractivity contribution is 7.27. The third kappa shape index (κ3) is 4.41. The normalized spacial score (nSPS) is 12.8. The Bertz CT molecular complexity index is 2760. The van der Waals surface area contributed by atoms with Gasteiger partial charge in [0.1, 0.15) is 0 Å². The molecule has 0 amide bonds. The zero-order valence-corrected chi connectivity index (χ0v) is 28.1. The highest BCUT2D eigenvalue weighted by atomic mass is 32.1. The third-order valence-corrected chi connectivity index (χ3v) is 12.2. The van der Waals surface area contributed by atoms with Crippen molar-refractivity contribution in [2.45, 2.75) is 6.42 Å². The van der Waals surface area contributed by atoms with Crippen molar-refractivity contribution in [2.75, 3.05) is 0 Å². The summed E-state index contributed by atoms with van der Waals surface area (Å²) < 4.78 is 5.38. The van der Waals surface area contributed by atoms with E-state index in [-0.39, 0.29) is 5.92 Å². The van der Waals surface area contributed by atoms with E-state index in [0.29, 0.717) is 0 Å². The summed E-state index contributed by atoms with van der Waals surface area (Å²) in [6.45, 7) is 12.6. The summed E-state index contributed by atoms with van der Waals surface area (Å²) in [7, 11) is 0. The fraction of sp³-hybridized carbons (Fsp3) is 0.0435. The first-order chi connectivity index (χ1) is 23.6. The smallest absolute Gasteiger partial charge is 0.0434 e. The molecule has 48 heavy (non-hydrogen) atoms. The average Bonchev–Trinajstić information content (AvgIpc) is 3.70. The molecule has 0 aliphatic rings. The van der Waals surface area contributed by atoms with Gasteiger partial charge in [0.05, 0.1) is 0 Å². The molecule has 7 aromatic carbocycles. The lowest BCUT2D eigenvalue weighted by Crippen LogP contribution is -1.97. The van der Waals surface area contributed by atoms with Crippen molar-refractivity contribution < 1.29 is 0 Å². The van der Waals surface area contributed by atoms with Crippen molar-refractivity contribution in [3.8, 4) is 11.1 Å². The fourth-order valence-electron chi connectivity index (χ4n) is 7.68. The lowest BCUT2D eigenvalue weighted by atomic mass is 9.84. The van der Waals surface area contributed by atoms with Gasteiger partial charge in [-0.25, -0.2) is 0 Å². The second kappa shape index (κ2) is 11.5. The third-order valence-electron chi connectivity index (χ3n) is 9.82. The van der Waals surface area contributed by atoms with Crippen molar-refractivity contribution in [1.82, 2.24) is 0 Å². The van der Waals surface area contributed by atoms with E-state index in [1.54, 1.807) is 0 Å². The van der Waals surface area contributed by atoms with Crippen LogP contribution in [0.3, 0.4) is 0 Å². The molecule has 0 aliphatic carbocycles. The quantitative estimate of drug-likeness (QED) is 0.0916. The standard InChI is InChI=1S/C46H32S2/c1-4-6-13-29(5-2)26-28(3)43-31-14-7-9-16-33(31)44(34-17-10-8-15-32(34)43)30-20-24-41-39(27-30)37-22-21-35-36(46(37)48-41)23-25-42-45(35)38-18-11-12-19-40(38)47-42/h4-25,27,29H,1-3,26H2/b13-6-. The lowest BCUT2D eigenvalue weighted by Gasteiger charge is -2.20. The Hall–Kier alpha value is -5.28. The molecule has 0 nitrogen and oxygen atoms in total. The van der Waals surface area contributed by atoms with Crippen LogP contribution in [0, 0.1) is 5.92 Å². The molecular weight excluding hydrogens is 617 g/mol. The van der Waals surface area contributed by atoms with Crippen LogP contribution in [0.5, 0.6) is 0 Å². The molecule has 2 heteroatoms. The Labute approximate surface area is 287 Å². The van der Waals surface area contributed by atoms with Crippen LogP contribution in [0.2, 0.25) is 0 Å². The summed E-state index contributed by atoms with van der Waals surface area (Å²) in [4.78, 5) is 0. The summed E-state index contributed by atoms with van der Waals surface area (Å²) in [5.74, 6) is 0.188. The number of benzene rings is 7. The van der Waals surface area contributed by atoms with E-state index >= 15 is 0 Å². The van der Waals surface area contributed by atoms with Crippen molar-refractivity contribution in [3.05, 3.63) is 165 Å². The molecule has 9 rings (SSSR count). The van der Waals surface area contributed by atoms with Crippen LogP contribution in [-0.2, 0) is 0 Å². The number of fused-ring (bicyclic) bond motifs is 11. The summed E-state index contributed by atoms with van der Waals surface area (Å²) >= 11 is 3.80. The Kier molecular flexibility index (Phi) is 6.90. The molecule has 0 aliphatic heterocycles. The molecule has 0 bridgehead atoms. The van der Waals surface area contributed by atoms with Gasteiger partial charge in [-0.1, -0.05) is 128 Å². The second-order valence-electron chi connectivity index (χ2n) is 12.6. The molecule has 228 valence electrons. The first-order valence-electron chi connectivity index (χ1n) is 16.4. The Balaban J connectivity index is 1.26. The maximum atomic E-state index is 4.64. The lowest BCUT2D eigenvalue weighted by molar-refractivity contribution is 0.850. The van der Waals surface area contributed by atoms with Crippen molar-refractivity contribution in [2.24, 2.45) is 5.92 Å². The van der Waals surface area contributed by atoms with Gasteiger partial charge in [0, 0.05) is 45.7 Å². The Morgan fingerprint density at radius 2 is 1.19 bits per heavy atom. The van der Waals surface area contributed by atoms with Gasteiger partial charge in [0.15, 0.2) is 0 Å². The van der Waals surface area contributed by atoms with E-state index < -0.39 is 0 Å². The first kappa shape index (κ1) is 28.9. The minimum absolute atomic E-state index is 0.188. The summed E-state index contributed by atoms with van der Waals surface area (Å²) in [5.41, 5.74) is 4.86. The molecular formula is C46H32S2. The highest BCUT2D eigenvalue weighted by Crippen LogP contribution is 2.47. The first-order valence-corrected chi connectivity index (χ1v) is 18.0. The van der Waals surface area contributed by atoms with Gasteiger partial charge in [-0.2, -0.15) is 0 Å². The minimum Gasteiger partial charge on any atom is -0.135 e. The molecule has 0 radical (unpaired) electrons. The van der Waals surface area contributed by atoms with Crippen LogP contribution >= 0.6 is 22.7 Å². The topological polar surface area (TPSA) is 0 Å².